The van der Waals surface area contributed by atoms with Crippen molar-refractivity contribution in [3.8, 4) is 0 Å². The largest absolute Gasteiger partial charge is 0.472 e. The zero-order chi connectivity index (χ0) is 42.6. The highest BCUT2D eigenvalue weighted by Crippen LogP contribution is 2.43. The van der Waals surface area contributed by atoms with Crippen molar-refractivity contribution >= 4 is 25.5 Å². The van der Waals surface area contributed by atoms with Crippen LogP contribution in [0.15, 0.2) is 72.9 Å². The molecule has 0 saturated heterocycles. The van der Waals surface area contributed by atoms with Crippen LogP contribution in [0.5, 0.6) is 0 Å². The number of esters is 2. The number of hydrogen-bond acceptors (Lipinski definition) is 9. The smallest absolute Gasteiger partial charge is 0.462 e. The average molecular weight is 834 g/mol. The van der Waals surface area contributed by atoms with Crippen LogP contribution in [0.1, 0.15) is 174 Å². The minimum atomic E-state index is -4.44. The molecule has 0 fully saturated rings. The average Bonchev–Trinajstić information content (AvgIpc) is 3.20. The van der Waals surface area contributed by atoms with Gasteiger partial charge >= 0.3 is 19.8 Å². The van der Waals surface area contributed by atoms with E-state index in [4.69, 9.17) is 24.3 Å². The highest BCUT2D eigenvalue weighted by molar-refractivity contribution is 7.47. The SMILES string of the molecule is CCCCC/C=C\C/C=C\C/C=C\C=C\C(=O)CCCC(=O)OC[C@H](COP(=O)(O)OCCN)OC(=O)CCCCCCCCCCC/C=C\C/C=C\CCCCC. The highest BCUT2D eigenvalue weighted by atomic mass is 31.2. The van der Waals surface area contributed by atoms with Crippen LogP contribution >= 0.6 is 7.82 Å². The van der Waals surface area contributed by atoms with Gasteiger partial charge in [0.2, 0.25) is 0 Å². The first-order valence-electron chi connectivity index (χ1n) is 22.4. The Kier molecular flexibility index (Phi) is 40.2. The summed E-state index contributed by atoms with van der Waals surface area (Å²) < 4.78 is 32.6. The van der Waals surface area contributed by atoms with E-state index in [0.29, 0.717) is 6.42 Å². The Morgan fingerprint density at radius 1 is 0.569 bits per heavy atom. The molecule has 0 aromatic heterocycles. The van der Waals surface area contributed by atoms with Gasteiger partial charge in [-0.05, 0) is 76.7 Å². The number of allylic oxidation sites excluding steroid dienone is 12. The molecule has 2 atom stereocenters. The third kappa shape index (κ3) is 41.3. The van der Waals surface area contributed by atoms with E-state index in [1.165, 1.54) is 83.1 Å². The van der Waals surface area contributed by atoms with Crippen molar-refractivity contribution in [1.82, 2.24) is 0 Å². The summed E-state index contributed by atoms with van der Waals surface area (Å²) in [5, 5.41) is 0. The lowest BCUT2D eigenvalue weighted by molar-refractivity contribution is -0.161. The van der Waals surface area contributed by atoms with Gasteiger partial charge in [0.1, 0.15) is 6.61 Å². The molecule has 0 aromatic rings. The van der Waals surface area contributed by atoms with Gasteiger partial charge in [-0.1, -0.05) is 151 Å². The van der Waals surface area contributed by atoms with Crippen molar-refractivity contribution < 1.29 is 42.4 Å². The van der Waals surface area contributed by atoms with Gasteiger partial charge < -0.3 is 20.1 Å². The van der Waals surface area contributed by atoms with E-state index in [0.717, 1.165) is 51.4 Å². The first kappa shape index (κ1) is 55.1. The van der Waals surface area contributed by atoms with E-state index in [9.17, 15) is 23.8 Å². The maximum Gasteiger partial charge on any atom is 0.472 e. The van der Waals surface area contributed by atoms with Crippen LogP contribution in [-0.4, -0.2) is 55.1 Å². The first-order chi connectivity index (χ1) is 28.2. The van der Waals surface area contributed by atoms with Gasteiger partial charge in [-0.25, -0.2) is 4.57 Å². The first-order valence-corrected chi connectivity index (χ1v) is 23.9. The predicted molar refractivity (Wildman–Crippen MR) is 238 cm³/mol. The van der Waals surface area contributed by atoms with Crippen molar-refractivity contribution in [3.63, 3.8) is 0 Å². The maximum atomic E-state index is 12.6. The van der Waals surface area contributed by atoms with E-state index in [2.05, 4.69) is 62.5 Å². The van der Waals surface area contributed by atoms with Crippen LogP contribution in [0.2, 0.25) is 0 Å². The number of rotatable bonds is 41. The van der Waals surface area contributed by atoms with E-state index < -0.39 is 32.5 Å². The van der Waals surface area contributed by atoms with Crippen molar-refractivity contribution in [2.24, 2.45) is 5.73 Å². The molecule has 0 amide bonds. The van der Waals surface area contributed by atoms with Crippen LogP contribution in [0.4, 0.5) is 0 Å². The summed E-state index contributed by atoms with van der Waals surface area (Å²) in [6.45, 7) is 3.39. The van der Waals surface area contributed by atoms with Gasteiger partial charge in [-0.15, -0.1) is 0 Å². The number of phosphoric acid groups is 1. The highest BCUT2D eigenvalue weighted by Gasteiger charge is 2.26. The molecule has 0 radical (unpaired) electrons. The summed E-state index contributed by atoms with van der Waals surface area (Å²) in [6, 6.07) is 0. The molecule has 0 aliphatic heterocycles. The molecule has 11 heteroatoms. The lowest BCUT2D eigenvalue weighted by Gasteiger charge is -2.19. The number of ether oxygens (including phenoxy) is 2. The van der Waals surface area contributed by atoms with E-state index in [-0.39, 0.29) is 51.2 Å². The van der Waals surface area contributed by atoms with Gasteiger partial charge in [0.05, 0.1) is 13.2 Å². The molecule has 0 saturated carbocycles. The molecule has 1 unspecified atom stereocenters. The maximum absolute atomic E-state index is 12.6. The molecule has 0 heterocycles. The summed E-state index contributed by atoms with van der Waals surface area (Å²) in [5.74, 6) is -1.20. The topological polar surface area (TPSA) is 151 Å². The van der Waals surface area contributed by atoms with E-state index in [1.807, 2.05) is 12.2 Å². The fourth-order valence-corrected chi connectivity index (χ4v) is 6.44. The van der Waals surface area contributed by atoms with E-state index in [1.54, 1.807) is 6.08 Å². The van der Waals surface area contributed by atoms with Crippen LogP contribution in [0.25, 0.3) is 0 Å². The zero-order valence-corrected chi connectivity index (χ0v) is 37.1. The summed E-state index contributed by atoms with van der Waals surface area (Å²) in [6.07, 6.45) is 47.9. The number of ketones is 1. The second-order valence-corrected chi connectivity index (χ2v) is 16.0. The summed E-state index contributed by atoms with van der Waals surface area (Å²) in [4.78, 5) is 47.1. The lowest BCUT2D eigenvalue weighted by Crippen LogP contribution is -2.29. The molecule has 0 spiro atoms. The second kappa shape index (κ2) is 42.3. The van der Waals surface area contributed by atoms with Crippen LogP contribution in [-0.2, 0) is 37.5 Å². The normalized spacial score (nSPS) is 13.9. The fraction of sp³-hybridized carbons (Fsp3) is 0.681. The minimum absolute atomic E-state index is 0.0123. The number of carbonyl (C=O) groups is 3. The quantitative estimate of drug-likeness (QED) is 0.0152. The second-order valence-electron chi connectivity index (χ2n) is 14.6. The van der Waals surface area contributed by atoms with Gasteiger partial charge in [0.15, 0.2) is 11.9 Å². The Morgan fingerprint density at radius 2 is 1.07 bits per heavy atom. The molecule has 10 nitrogen and oxygen atoms in total. The molecule has 0 aliphatic rings. The molecular formula is C47H80NO9P. The zero-order valence-electron chi connectivity index (χ0n) is 36.2. The number of unbranched alkanes of at least 4 members (excludes halogenated alkanes) is 15. The lowest BCUT2D eigenvalue weighted by atomic mass is 10.1. The minimum Gasteiger partial charge on any atom is -0.462 e. The molecule has 0 aliphatic carbocycles. The van der Waals surface area contributed by atoms with E-state index >= 15 is 0 Å². The van der Waals surface area contributed by atoms with Gasteiger partial charge in [0.25, 0.3) is 0 Å². The van der Waals surface area contributed by atoms with Gasteiger partial charge in [-0.3, -0.25) is 23.4 Å². The molecule has 0 bridgehead atoms. The molecular weight excluding hydrogens is 753 g/mol. The Balaban J connectivity index is 4.33. The van der Waals surface area contributed by atoms with Crippen molar-refractivity contribution in [1.29, 1.82) is 0 Å². The summed E-state index contributed by atoms with van der Waals surface area (Å²) >= 11 is 0. The van der Waals surface area contributed by atoms with Crippen LogP contribution in [0.3, 0.4) is 0 Å². The summed E-state index contributed by atoms with van der Waals surface area (Å²) in [5.41, 5.74) is 5.33. The van der Waals surface area contributed by atoms with Gasteiger partial charge in [0, 0.05) is 25.8 Å². The molecule has 58 heavy (non-hydrogen) atoms. The van der Waals surface area contributed by atoms with Crippen molar-refractivity contribution in [2.45, 2.75) is 180 Å². The molecule has 0 aromatic carbocycles. The van der Waals surface area contributed by atoms with Crippen LogP contribution in [0, 0.1) is 0 Å². The number of nitrogens with two attached hydrogens (primary N) is 1. The fourth-order valence-electron chi connectivity index (χ4n) is 5.68. The number of phosphoric ester groups is 1. The van der Waals surface area contributed by atoms with Crippen molar-refractivity contribution in [2.75, 3.05) is 26.4 Å². The Labute approximate surface area is 352 Å². The Morgan fingerprint density at radius 3 is 1.64 bits per heavy atom. The molecule has 3 N–H and O–H groups in total. The molecule has 332 valence electrons. The predicted octanol–water partition coefficient (Wildman–Crippen LogP) is 12.2. The van der Waals surface area contributed by atoms with Crippen LogP contribution < -0.4 is 5.73 Å². The Bertz CT molecular complexity index is 1240. The van der Waals surface area contributed by atoms with Gasteiger partial charge in [-0.2, -0.15) is 0 Å². The number of hydrogen-bond donors (Lipinski definition) is 2. The monoisotopic (exact) mass is 834 g/mol. The standard InChI is InChI=1S/C47H80NO9P/c1-3-5-7-9-11-13-15-17-18-19-20-21-22-24-26-28-30-32-34-38-47(51)57-45(43-56-58(52,53)55-41-40-48)42-54-46(50)39-35-37-44(49)36-33-31-29-27-25-23-16-14-12-10-8-6-4-2/h11-14,17-18,23,25,29,31,33,36,45H,3-10,15-16,19-22,24,26-28,30,32,34-35,37-43,48H2,1-2H3,(H,52,53)/b13-11-,14-12-,18-17-,25-23-,31-29-,36-33+/t45-/m1/s1. The molecule has 0 rings (SSSR count). The van der Waals surface area contributed by atoms with Crippen molar-refractivity contribution in [3.05, 3.63) is 72.9 Å². The Hall–Kier alpha value is -2.88. The number of carbonyl (C=O) groups excluding carboxylic acids is 3. The third-order valence-electron chi connectivity index (χ3n) is 9.04. The third-order valence-corrected chi connectivity index (χ3v) is 10.0. The summed E-state index contributed by atoms with van der Waals surface area (Å²) in [7, 11) is -4.44.